The first-order chi connectivity index (χ1) is 9.33. The Bertz CT molecular complexity index is 454. The molecule has 1 aliphatic rings. The largest absolute Gasteiger partial charge is 0.389 e. The zero-order chi connectivity index (χ0) is 14.8. The van der Waals surface area contributed by atoms with E-state index in [0.717, 1.165) is 36.2 Å². The first-order valence-electron chi connectivity index (χ1n) is 6.94. The van der Waals surface area contributed by atoms with E-state index < -0.39 is 5.60 Å². The number of piperazine rings is 1. The SMILES string of the molecule is CC(C)(O)CN1CCN(Cc2cc(Br)ccc2F)CC1. The van der Waals surface area contributed by atoms with Crippen LogP contribution < -0.4 is 0 Å². The predicted molar refractivity (Wildman–Crippen MR) is 82.1 cm³/mol. The fraction of sp³-hybridized carbons (Fsp3) is 0.600. The molecule has 20 heavy (non-hydrogen) atoms. The monoisotopic (exact) mass is 344 g/mol. The molecule has 1 aliphatic heterocycles. The Labute approximate surface area is 128 Å². The molecule has 0 atom stereocenters. The zero-order valence-electron chi connectivity index (χ0n) is 12.1. The second-order valence-electron chi connectivity index (χ2n) is 6.10. The lowest BCUT2D eigenvalue weighted by atomic mass is 10.1. The highest BCUT2D eigenvalue weighted by Crippen LogP contribution is 2.18. The summed E-state index contributed by atoms with van der Waals surface area (Å²) in [4.78, 5) is 4.51. The summed E-state index contributed by atoms with van der Waals surface area (Å²) in [7, 11) is 0. The summed E-state index contributed by atoms with van der Waals surface area (Å²) >= 11 is 3.38. The summed E-state index contributed by atoms with van der Waals surface area (Å²) in [6.07, 6.45) is 0. The maximum Gasteiger partial charge on any atom is 0.127 e. The number of β-amino-alcohol motifs (C(OH)–C–C–N with tert-alkyl or cyclic N) is 1. The molecule has 1 saturated heterocycles. The van der Waals surface area contributed by atoms with Crippen molar-refractivity contribution in [3.63, 3.8) is 0 Å². The highest BCUT2D eigenvalue weighted by Gasteiger charge is 2.23. The van der Waals surface area contributed by atoms with E-state index in [2.05, 4.69) is 25.7 Å². The van der Waals surface area contributed by atoms with E-state index in [4.69, 9.17) is 0 Å². The van der Waals surface area contributed by atoms with Crippen molar-refractivity contribution in [1.29, 1.82) is 0 Å². The lowest BCUT2D eigenvalue weighted by Gasteiger charge is -2.37. The topological polar surface area (TPSA) is 26.7 Å². The molecule has 1 N–H and O–H groups in total. The Balaban J connectivity index is 1.87. The van der Waals surface area contributed by atoms with Crippen LogP contribution in [0.5, 0.6) is 0 Å². The molecule has 0 spiro atoms. The first-order valence-corrected chi connectivity index (χ1v) is 7.74. The normalized spacial score (nSPS) is 18.4. The van der Waals surface area contributed by atoms with Gasteiger partial charge in [-0.15, -0.1) is 0 Å². The number of rotatable bonds is 4. The van der Waals surface area contributed by atoms with E-state index >= 15 is 0 Å². The van der Waals surface area contributed by atoms with Gasteiger partial charge in [-0.3, -0.25) is 9.80 Å². The van der Waals surface area contributed by atoms with Crippen LogP contribution in [-0.2, 0) is 6.54 Å². The molecule has 0 saturated carbocycles. The van der Waals surface area contributed by atoms with Gasteiger partial charge < -0.3 is 5.11 Å². The number of hydrogen-bond acceptors (Lipinski definition) is 3. The van der Waals surface area contributed by atoms with Gasteiger partial charge in [-0.25, -0.2) is 4.39 Å². The minimum atomic E-state index is -0.654. The number of benzene rings is 1. The van der Waals surface area contributed by atoms with Crippen LogP contribution in [0, 0.1) is 5.82 Å². The number of hydrogen-bond donors (Lipinski definition) is 1. The Kier molecular flexibility index (Phi) is 5.18. The Morgan fingerprint density at radius 3 is 2.40 bits per heavy atom. The fourth-order valence-corrected chi connectivity index (χ4v) is 2.97. The highest BCUT2D eigenvalue weighted by molar-refractivity contribution is 9.10. The van der Waals surface area contributed by atoms with E-state index in [1.165, 1.54) is 6.07 Å². The molecule has 0 amide bonds. The van der Waals surface area contributed by atoms with Crippen molar-refractivity contribution in [2.24, 2.45) is 0 Å². The Morgan fingerprint density at radius 1 is 1.20 bits per heavy atom. The van der Waals surface area contributed by atoms with Gasteiger partial charge in [-0.05, 0) is 32.0 Å². The van der Waals surface area contributed by atoms with Crippen LogP contribution in [0.25, 0.3) is 0 Å². The smallest absolute Gasteiger partial charge is 0.127 e. The lowest BCUT2D eigenvalue weighted by molar-refractivity contribution is 0.0165. The van der Waals surface area contributed by atoms with Crippen molar-refractivity contribution in [3.8, 4) is 0 Å². The van der Waals surface area contributed by atoms with Crippen molar-refractivity contribution in [1.82, 2.24) is 9.80 Å². The summed E-state index contributed by atoms with van der Waals surface area (Å²) in [6.45, 7) is 8.63. The summed E-state index contributed by atoms with van der Waals surface area (Å²) in [5, 5.41) is 9.83. The molecular formula is C15H22BrFN2O. The average molecular weight is 345 g/mol. The van der Waals surface area contributed by atoms with Crippen molar-refractivity contribution in [2.45, 2.75) is 26.0 Å². The second kappa shape index (κ2) is 6.52. The van der Waals surface area contributed by atoms with Gasteiger partial charge in [-0.2, -0.15) is 0 Å². The maximum absolute atomic E-state index is 13.7. The van der Waals surface area contributed by atoms with Crippen LogP contribution in [0.2, 0.25) is 0 Å². The minimum absolute atomic E-state index is 0.146. The summed E-state index contributed by atoms with van der Waals surface area (Å²) < 4.78 is 14.6. The average Bonchev–Trinajstić information content (AvgIpc) is 2.34. The Hall–Kier alpha value is -0.490. The predicted octanol–water partition coefficient (Wildman–Crippen LogP) is 2.48. The molecule has 1 aromatic carbocycles. The quantitative estimate of drug-likeness (QED) is 0.908. The summed E-state index contributed by atoms with van der Waals surface area (Å²) in [5.74, 6) is -0.146. The van der Waals surface area contributed by atoms with Crippen molar-refractivity contribution < 1.29 is 9.50 Å². The summed E-state index contributed by atoms with van der Waals surface area (Å²) in [5.41, 5.74) is 0.0776. The molecule has 1 fully saturated rings. The maximum atomic E-state index is 13.7. The molecule has 3 nitrogen and oxygen atoms in total. The van der Waals surface area contributed by atoms with Crippen molar-refractivity contribution in [3.05, 3.63) is 34.1 Å². The zero-order valence-corrected chi connectivity index (χ0v) is 13.7. The van der Waals surface area contributed by atoms with Crippen LogP contribution in [0.3, 0.4) is 0 Å². The van der Waals surface area contributed by atoms with E-state index in [1.54, 1.807) is 6.07 Å². The van der Waals surface area contributed by atoms with Gasteiger partial charge in [0.1, 0.15) is 5.82 Å². The van der Waals surface area contributed by atoms with Crippen LogP contribution in [-0.4, -0.2) is 53.2 Å². The third-order valence-electron chi connectivity index (χ3n) is 3.48. The van der Waals surface area contributed by atoms with Gasteiger partial charge in [0.05, 0.1) is 5.60 Å². The van der Waals surface area contributed by atoms with Crippen molar-refractivity contribution in [2.75, 3.05) is 32.7 Å². The standard InChI is InChI=1S/C15H22BrFN2O/c1-15(2,20)11-19-7-5-18(6-8-19)10-12-9-13(16)3-4-14(12)17/h3-4,9,20H,5-8,10-11H2,1-2H3. The fourth-order valence-electron chi connectivity index (χ4n) is 2.56. The van der Waals surface area contributed by atoms with Crippen LogP contribution in [0.15, 0.2) is 22.7 Å². The molecular weight excluding hydrogens is 323 g/mol. The van der Waals surface area contributed by atoms with Crippen LogP contribution >= 0.6 is 15.9 Å². The Morgan fingerprint density at radius 2 is 1.80 bits per heavy atom. The highest BCUT2D eigenvalue weighted by atomic mass is 79.9. The van der Waals surface area contributed by atoms with Gasteiger partial charge >= 0.3 is 0 Å². The molecule has 0 aromatic heterocycles. The molecule has 0 unspecified atom stereocenters. The third kappa shape index (κ3) is 4.81. The lowest BCUT2D eigenvalue weighted by Crippen LogP contribution is -2.50. The van der Waals surface area contributed by atoms with Crippen LogP contribution in [0.4, 0.5) is 4.39 Å². The molecule has 0 radical (unpaired) electrons. The van der Waals surface area contributed by atoms with E-state index in [9.17, 15) is 9.50 Å². The molecule has 2 rings (SSSR count). The molecule has 0 aliphatic carbocycles. The number of halogens is 2. The number of aliphatic hydroxyl groups is 1. The van der Waals surface area contributed by atoms with Gasteiger partial charge in [0.2, 0.25) is 0 Å². The number of nitrogens with zero attached hydrogens (tertiary/aromatic N) is 2. The summed E-state index contributed by atoms with van der Waals surface area (Å²) in [6, 6.07) is 5.07. The second-order valence-corrected chi connectivity index (χ2v) is 7.02. The molecule has 0 bridgehead atoms. The van der Waals surface area contributed by atoms with Crippen LogP contribution in [0.1, 0.15) is 19.4 Å². The van der Waals surface area contributed by atoms with E-state index in [0.29, 0.717) is 13.1 Å². The van der Waals surface area contributed by atoms with Gasteiger partial charge in [0.25, 0.3) is 0 Å². The van der Waals surface area contributed by atoms with E-state index in [-0.39, 0.29) is 5.82 Å². The van der Waals surface area contributed by atoms with Crippen molar-refractivity contribution >= 4 is 15.9 Å². The molecule has 1 heterocycles. The molecule has 1 aromatic rings. The molecule has 5 heteroatoms. The molecule has 112 valence electrons. The minimum Gasteiger partial charge on any atom is -0.389 e. The van der Waals surface area contributed by atoms with Gasteiger partial charge in [0, 0.05) is 49.3 Å². The third-order valence-corrected chi connectivity index (χ3v) is 3.97. The van der Waals surface area contributed by atoms with Gasteiger partial charge in [0.15, 0.2) is 0 Å². The van der Waals surface area contributed by atoms with E-state index in [1.807, 2.05) is 19.9 Å². The first kappa shape index (κ1) is 15.9. The van der Waals surface area contributed by atoms with Gasteiger partial charge in [-0.1, -0.05) is 15.9 Å².